The second-order valence-electron chi connectivity index (χ2n) is 5.04. The van der Waals surface area contributed by atoms with Crippen LogP contribution < -0.4 is 0 Å². The summed E-state index contributed by atoms with van der Waals surface area (Å²) < 4.78 is 37.2. The van der Waals surface area contributed by atoms with Crippen molar-refractivity contribution in [1.29, 1.82) is 0 Å². The van der Waals surface area contributed by atoms with Crippen molar-refractivity contribution in [2.75, 3.05) is 19.7 Å². The number of halogens is 3. The van der Waals surface area contributed by atoms with Crippen molar-refractivity contribution in [2.24, 2.45) is 5.92 Å². The van der Waals surface area contributed by atoms with E-state index < -0.39 is 11.7 Å². The SMILES string of the molecule is O=C1CC(CO)CN1CCc1ccc(C(F)(F)F)cc1. The molecule has 0 bridgehead atoms. The van der Waals surface area contributed by atoms with Crippen molar-refractivity contribution in [2.45, 2.75) is 19.0 Å². The van der Waals surface area contributed by atoms with E-state index in [0.29, 0.717) is 25.9 Å². The van der Waals surface area contributed by atoms with Gasteiger partial charge >= 0.3 is 6.18 Å². The average Bonchev–Trinajstić information content (AvgIpc) is 2.76. The lowest BCUT2D eigenvalue weighted by Crippen LogP contribution is -2.27. The highest BCUT2D eigenvalue weighted by Crippen LogP contribution is 2.29. The maximum atomic E-state index is 12.4. The summed E-state index contributed by atoms with van der Waals surface area (Å²) in [5.41, 5.74) is 0.0945. The first-order valence-corrected chi connectivity index (χ1v) is 6.45. The molecule has 2 rings (SSSR count). The first-order chi connectivity index (χ1) is 9.40. The molecular weight excluding hydrogens is 271 g/mol. The molecule has 3 nitrogen and oxygen atoms in total. The number of hydrogen-bond acceptors (Lipinski definition) is 2. The average molecular weight is 287 g/mol. The van der Waals surface area contributed by atoms with Gasteiger partial charge < -0.3 is 10.0 Å². The van der Waals surface area contributed by atoms with Crippen molar-refractivity contribution in [1.82, 2.24) is 4.90 Å². The van der Waals surface area contributed by atoms with E-state index in [-0.39, 0.29) is 18.4 Å². The van der Waals surface area contributed by atoms with Crippen LogP contribution in [0.25, 0.3) is 0 Å². The zero-order valence-electron chi connectivity index (χ0n) is 10.9. The molecule has 110 valence electrons. The van der Waals surface area contributed by atoms with Crippen molar-refractivity contribution in [3.63, 3.8) is 0 Å². The van der Waals surface area contributed by atoms with Gasteiger partial charge in [-0.05, 0) is 24.1 Å². The van der Waals surface area contributed by atoms with E-state index in [2.05, 4.69) is 0 Å². The lowest BCUT2D eigenvalue weighted by molar-refractivity contribution is -0.137. The Morgan fingerprint density at radius 3 is 2.40 bits per heavy atom. The quantitative estimate of drug-likeness (QED) is 0.921. The second kappa shape index (κ2) is 5.83. The zero-order valence-corrected chi connectivity index (χ0v) is 10.9. The van der Waals surface area contributed by atoms with Crippen LogP contribution in [0.3, 0.4) is 0 Å². The summed E-state index contributed by atoms with van der Waals surface area (Å²) in [4.78, 5) is 13.3. The van der Waals surface area contributed by atoms with Gasteiger partial charge in [0.05, 0.1) is 5.56 Å². The van der Waals surface area contributed by atoms with Gasteiger partial charge in [-0.3, -0.25) is 4.79 Å². The number of nitrogens with zero attached hydrogens (tertiary/aromatic N) is 1. The number of benzene rings is 1. The summed E-state index contributed by atoms with van der Waals surface area (Å²) >= 11 is 0. The standard InChI is InChI=1S/C14H16F3NO2/c15-14(16,17)12-3-1-10(2-4-12)5-6-18-8-11(9-19)7-13(18)20/h1-4,11,19H,5-9H2. The maximum absolute atomic E-state index is 12.4. The van der Waals surface area contributed by atoms with Gasteiger partial charge in [0.25, 0.3) is 0 Å². The predicted octanol–water partition coefficient (Wildman–Crippen LogP) is 2.09. The number of carbonyl (C=O) groups excluding carboxylic acids is 1. The lowest BCUT2D eigenvalue weighted by Gasteiger charge is -2.16. The van der Waals surface area contributed by atoms with Gasteiger partial charge in [-0.2, -0.15) is 13.2 Å². The monoisotopic (exact) mass is 287 g/mol. The minimum Gasteiger partial charge on any atom is -0.396 e. The molecule has 20 heavy (non-hydrogen) atoms. The number of rotatable bonds is 4. The highest BCUT2D eigenvalue weighted by molar-refractivity contribution is 5.78. The lowest BCUT2D eigenvalue weighted by atomic mass is 10.1. The topological polar surface area (TPSA) is 40.5 Å². The highest BCUT2D eigenvalue weighted by atomic mass is 19.4. The summed E-state index contributed by atoms with van der Waals surface area (Å²) in [7, 11) is 0. The number of hydrogen-bond donors (Lipinski definition) is 1. The van der Waals surface area contributed by atoms with Gasteiger partial charge in [0.1, 0.15) is 0 Å². The Balaban J connectivity index is 1.90. The van der Waals surface area contributed by atoms with Crippen molar-refractivity contribution in [3.05, 3.63) is 35.4 Å². The van der Waals surface area contributed by atoms with Crippen molar-refractivity contribution in [3.8, 4) is 0 Å². The second-order valence-corrected chi connectivity index (χ2v) is 5.04. The Hall–Kier alpha value is -1.56. The summed E-state index contributed by atoms with van der Waals surface area (Å²) in [5, 5.41) is 9.01. The Morgan fingerprint density at radius 1 is 1.25 bits per heavy atom. The Bertz CT molecular complexity index is 470. The third-order valence-electron chi connectivity index (χ3n) is 3.50. The number of amides is 1. The largest absolute Gasteiger partial charge is 0.416 e. The Kier molecular flexibility index (Phi) is 4.32. The summed E-state index contributed by atoms with van der Waals surface area (Å²) in [6.07, 6.45) is -3.46. The first-order valence-electron chi connectivity index (χ1n) is 6.45. The van der Waals surface area contributed by atoms with Gasteiger partial charge in [-0.25, -0.2) is 0 Å². The van der Waals surface area contributed by atoms with Crippen LogP contribution in [0.5, 0.6) is 0 Å². The molecule has 1 aliphatic rings. The van der Waals surface area contributed by atoms with E-state index in [9.17, 15) is 18.0 Å². The van der Waals surface area contributed by atoms with E-state index >= 15 is 0 Å². The zero-order chi connectivity index (χ0) is 14.8. The normalized spacial score (nSPS) is 19.7. The minimum absolute atomic E-state index is 0.00374. The predicted molar refractivity (Wildman–Crippen MR) is 66.9 cm³/mol. The van der Waals surface area contributed by atoms with Crippen LogP contribution in [-0.2, 0) is 17.4 Å². The van der Waals surface area contributed by atoms with Crippen LogP contribution >= 0.6 is 0 Å². The molecule has 0 saturated carbocycles. The van der Waals surface area contributed by atoms with E-state index in [1.165, 1.54) is 12.1 Å². The van der Waals surface area contributed by atoms with Crippen LogP contribution in [0.15, 0.2) is 24.3 Å². The van der Waals surface area contributed by atoms with E-state index in [0.717, 1.165) is 17.7 Å². The van der Waals surface area contributed by atoms with E-state index in [1.807, 2.05) is 0 Å². The molecule has 1 aromatic carbocycles. The van der Waals surface area contributed by atoms with Gasteiger partial charge in [0.2, 0.25) is 5.91 Å². The van der Waals surface area contributed by atoms with Crippen LogP contribution in [0.1, 0.15) is 17.5 Å². The summed E-state index contributed by atoms with van der Waals surface area (Å²) in [6, 6.07) is 4.98. The third-order valence-corrected chi connectivity index (χ3v) is 3.50. The van der Waals surface area contributed by atoms with Crippen LogP contribution in [-0.4, -0.2) is 35.6 Å². The van der Waals surface area contributed by atoms with Crippen LogP contribution in [0.4, 0.5) is 13.2 Å². The van der Waals surface area contributed by atoms with Crippen LogP contribution in [0.2, 0.25) is 0 Å². The molecule has 0 aromatic heterocycles. The fourth-order valence-corrected chi connectivity index (χ4v) is 2.32. The molecule has 1 heterocycles. The number of carbonyl (C=O) groups is 1. The number of alkyl halides is 3. The Labute approximate surface area is 115 Å². The molecule has 6 heteroatoms. The molecule has 1 aromatic rings. The van der Waals surface area contributed by atoms with Crippen LogP contribution in [0, 0.1) is 5.92 Å². The fraction of sp³-hybridized carbons (Fsp3) is 0.500. The molecule has 1 fully saturated rings. The number of aliphatic hydroxyl groups is 1. The third kappa shape index (κ3) is 3.50. The molecule has 1 unspecified atom stereocenters. The van der Waals surface area contributed by atoms with Gasteiger partial charge in [0.15, 0.2) is 0 Å². The molecule has 1 amide bonds. The molecular formula is C14H16F3NO2. The van der Waals surface area contributed by atoms with E-state index in [1.54, 1.807) is 4.90 Å². The molecule has 1 atom stereocenters. The number of likely N-dealkylation sites (tertiary alicyclic amines) is 1. The summed E-state index contributed by atoms with van der Waals surface area (Å²) in [5.74, 6) is -0.0222. The molecule has 1 saturated heterocycles. The van der Waals surface area contributed by atoms with Gasteiger partial charge in [-0.15, -0.1) is 0 Å². The molecule has 0 radical (unpaired) electrons. The molecule has 1 N–H and O–H groups in total. The maximum Gasteiger partial charge on any atom is 0.416 e. The fourth-order valence-electron chi connectivity index (χ4n) is 2.32. The Morgan fingerprint density at radius 2 is 1.90 bits per heavy atom. The van der Waals surface area contributed by atoms with E-state index in [4.69, 9.17) is 5.11 Å². The van der Waals surface area contributed by atoms with Crippen molar-refractivity contribution < 1.29 is 23.1 Å². The van der Waals surface area contributed by atoms with Crippen molar-refractivity contribution >= 4 is 5.91 Å². The highest BCUT2D eigenvalue weighted by Gasteiger charge is 2.30. The number of aliphatic hydroxyl groups excluding tert-OH is 1. The van der Waals surface area contributed by atoms with Gasteiger partial charge in [0, 0.05) is 32.0 Å². The molecule has 0 aliphatic carbocycles. The first kappa shape index (κ1) is 14.8. The van der Waals surface area contributed by atoms with Gasteiger partial charge in [-0.1, -0.05) is 12.1 Å². The smallest absolute Gasteiger partial charge is 0.396 e. The minimum atomic E-state index is -4.32. The molecule has 1 aliphatic heterocycles. The molecule has 0 spiro atoms. The summed E-state index contributed by atoms with van der Waals surface area (Å²) in [6.45, 7) is 0.985.